The first-order chi connectivity index (χ1) is 17.9. The third kappa shape index (κ3) is 5.60. The first kappa shape index (κ1) is 25.2. The Kier molecular flexibility index (Phi) is 7.39. The van der Waals surface area contributed by atoms with E-state index in [2.05, 4.69) is 49.7 Å². The molecule has 0 bridgehead atoms. The molecule has 3 heterocycles. The zero-order valence-electron chi connectivity index (χ0n) is 21.4. The molecule has 8 heteroatoms. The van der Waals surface area contributed by atoms with E-state index >= 15 is 0 Å². The van der Waals surface area contributed by atoms with Crippen LogP contribution in [0.3, 0.4) is 0 Å². The Bertz CT molecular complexity index is 1270. The smallest absolute Gasteiger partial charge is 0.256 e. The van der Waals surface area contributed by atoms with Crippen molar-refractivity contribution in [3.05, 3.63) is 87.4 Å². The van der Waals surface area contributed by atoms with Crippen molar-refractivity contribution >= 4 is 17.9 Å². The molecule has 194 valence electrons. The number of allylic oxidation sites excluding steroid dienone is 3. The van der Waals surface area contributed by atoms with Gasteiger partial charge in [0.2, 0.25) is 0 Å². The van der Waals surface area contributed by atoms with E-state index in [-0.39, 0.29) is 18.2 Å². The minimum Gasteiger partial charge on any atom is -0.358 e. The van der Waals surface area contributed by atoms with Crippen LogP contribution in [0.25, 0.3) is 6.08 Å². The first-order valence-corrected chi connectivity index (χ1v) is 12.9. The summed E-state index contributed by atoms with van der Waals surface area (Å²) in [6.07, 6.45) is 4.08. The van der Waals surface area contributed by atoms with E-state index in [1.165, 1.54) is 11.6 Å². The van der Waals surface area contributed by atoms with Gasteiger partial charge >= 0.3 is 0 Å². The molecule has 1 aliphatic carbocycles. The molecule has 37 heavy (non-hydrogen) atoms. The lowest BCUT2D eigenvalue weighted by atomic mass is 9.97. The number of alkyl halides is 1. The summed E-state index contributed by atoms with van der Waals surface area (Å²) in [4.78, 5) is 33.6. The number of amides is 2. The molecule has 1 unspecified atom stereocenters. The highest BCUT2D eigenvalue weighted by Gasteiger charge is 2.31. The van der Waals surface area contributed by atoms with Crippen molar-refractivity contribution in [3.63, 3.8) is 0 Å². The molecule has 2 saturated heterocycles. The van der Waals surface area contributed by atoms with Crippen molar-refractivity contribution in [2.75, 3.05) is 39.3 Å². The number of hydrogen-bond acceptors (Lipinski definition) is 4. The van der Waals surface area contributed by atoms with Gasteiger partial charge in [0.05, 0.1) is 11.1 Å². The number of nitrogens with zero attached hydrogens (tertiary/aromatic N) is 2. The summed E-state index contributed by atoms with van der Waals surface area (Å²) in [5.41, 5.74) is 5.79. The van der Waals surface area contributed by atoms with Crippen molar-refractivity contribution in [1.29, 1.82) is 0 Å². The molecule has 1 aromatic carbocycles. The van der Waals surface area contributed by atoms with E-state index < -0.39 is 6.17 Å². The Labute approximate surface area is 217 Å². The number of benzene rings is 1. The van der Waals surface area contributed by atoms with Gasteiger partial charge in [-0.2, -0.15) is 0 Å². The van der Waals surface area contributed by atoms with Crippen LogP contribution >= 0.6 is 0 Å². The van der Waals surface area contributed by atoms with Crippen LogP contribution in [0.4, 0.5) is 4.39 Å². The predicted molar refractivity (Wildman–Crippen MR) is 143 cm³/mol. The molecule has 3 aliphatic rings. The summed E-state index contributed by atoms with van der Waals surface area (Å²) in [7, 11) is 0. The van der Waals surface area contributed by atoms with E-state index in [4.69, 9.17) is 0 Å². The van der Waals surface area contributed by atoms with Gasteiger partial charge in [0.25, 0.3) is 11.8 Å². The Morgan fingerprint density at radius 1 is 1.14 bits per heavy atom. The number of aromatic nitrogens is 1. The lowest BCUT2D eigenvalue weighted by Gasteiger charge is -2.34. The average molecular weight is 504 g/mol. The molecule has 0 spiro atoms. The molecule has 2 fully saturated rings. The summed E-state index contributed by atoms with van der Waals surface area (Å²) >= 11 is 0. The van der Waals surface area contributed by atoms with Gasteiger partial charge in [-0.25, -0.2) is 4.39 Å². The molecular formula is C29H34FN5O2. The monoisotopic (exact) mass is 503 g/mol. The van der Waals surface area contributed by atoms with Crippen molar-refractivity contribution in [2.24, 2.45) is 0 Å². The Morgan fingerprint density at radius 3 is 2.62 bits per heavy atom. The summed E-state index contributed by atoms with van der Waals surface area (Å²) in [5, 5.41) is 5.86. The van der Waals surface area contributed by atoms with E-state index in [1.807, 2.05) is 19.9 Å². The van der Waals surface area contributed by atoms with Gasteiger partial charge < -0.3 is 15.6 Å². The van der Waals surface area contributed by atoms with Gasteiger partial charge in [0, 0.05) is 74.9 Å². The summed E-state index contributed by atoms with van der Waals surface area (Å²) < 4.78 is 13.9. The fraction of sp³-hybridized carbons (Fsp3) is 0.379. The van der Waals surface area contributed by atoms with E-state index in [1.54, 1.807) is 12.2 Å². The van der Waals surface area contributed by atoms with Gasteiger partial charge in [0.15, 0.2) is 0 Å². The number of aryl methyl sites for hydroxylation is 1. The number of carbonyl (C=O) groups is 2. The second-order valence-corrected chi connectivity index (χ2v) is 9.98. The molecule has 0 saturated carbocycles. The third-order valence-electron chi connectivity index (χ3n) is 7.39. The maximum absolute atomic E-state index is 13.9. The number of nitrogens with one attached hydrogen (secondary N) is 3. The molecule has 2 amide bonds. The minimum atomic E-state index is -1.10. The van der Waals surface area contributed by atoms with Gasteiger partial charge in [-0.1, -0.05) is 36.4 Å². The van der Waals surface area contributed by atoms with Crippen LogP contribution in [0.2, 0.25) is 0 Å². The van der Waals surface area contributed by atoms with Crippen LogP contribution in [0.15, 0.2) is 59.3 Å². The molecule has 2 aliphatic heterocycles. The van der Waals surface area contributed by atoms with Gasteiger partial charge in [-0.15, -0.1) is 0 Å². The zero-order chi connectivity index (χ0) is 25.9. The number of hydrogen-bond donors (Lipinski definition) is 3. The SMILES string of the molecule is Cc1[nH]c(/C=C2\C(=O)NC3=CCC(F)C=C32)c(C)c1C(=O)NCCN1CCN(Cc2ccccc2)CC1. The van der Waals surface area contributed by atoms with E-state index in [9.17, 15) is 14.0 Å². The van der Waals surface area contributed by atoms with Crippen LogP contribution in [0, 0.1) is 13.8 Å². The lowest BCUT2D eigenvalue weighted by Crippen LogP contribution is -2.48. The molecule has 2 aromatic rings. The zero-order valence-corrected chi connectivity index (χ0v) is 21.4. The highest BCUT2D eigenvalue weighted by Crippen LogP contribution is 2.33. The Hall–Kier alpha value is -3.49. The Morgan fingerprint density at radius 2 is 1.86 bits per heavy atom. The van der Waals surface area contributed by atoms with Crippen molar-refractivity contribution in [2.45, 2.75) is 33.0 Å². The van der Waals surface area contributed by atoms with E-state index in [0.29, 0.717) is 34.6 Å². The first-order valence-electron chi connectivity index (χ1n) is 12.9. The number of piperazine rings is 1. The molecule has 7 nitrogen and oxygen atoms in total. The minimum absolute atomic E-state index is 0.129. The quantitative estimate of drug-likeness (QED) is 0.507. The molecular weight excluding hydrogens is 469 g/mol. The average Bonchev–Trinajstić information content (AvgIpc) is 3.35. The lowest BCUT2D eigenvalue weighted by molar-refractivity contribution is -0.115. The highest BCUT2D eigenvalue weighted by molar-refractivity contribution is 6.09. The number of halogens is 1. The molecule has 1 aromatic heterocycles. The van der Waals surface area contributed by atoms with Gasteiger partial charge in [-0.05, 0) is 37.1 Å². The number of fused-ring (bicyclic) bond motifs is 1. The standard InChI is InChI=1S/C29H34FN5O2/c1-19-26(17-24-23-16-22(30)8-9-25(23)33-28(24)36)32-20(2)27(19)29(37)31-10-11-34-12-14-35(15-13-34)18-21-6-4-3-5-7-21/h3-7,9,16-17,22,32H,8,10-15,18H2,1-2H3,(H,31,37)(H,33,36)/b24-17-. The summed E-state index contributed by atoms with van der Waals surface area (Å²) in [6.45, 7) is 10.1. The number of H-pyrrole nitrogens is 1. The largest absolute Gasteiger partial charge is 0.358 e. The molecule has 1 atom stereocenters. The van der Waals surface area contributed by atoms with Crippen molar-refractivity contribution in [1.82, 2.24) is 25.4 Å². The van der Waals surface area contributed by atoms with Crippen molar-refractivity contribution < 1.29 is 14.0 Å². The fourth-order valence-electron chi connectivity index (χ4n) is 5.32. The fourth-order valence-corrected chi connectivity index (χ4v) is 5.32. The predicted octanol–water partition coefficient (Wildman–Crippen LogP) is 3.24. The van der Waals surface area contributed by atoms with Gasteiger partial charge in [0.1, 0.15) is 6.17 Å². The van der Waals surface area contributed by atoms with Crippen molar-refractivity contribution in [3.8, 4) is 0 Å². The normalized spacial score (nSPS) is 21.4. The summed E-state index contributed by atoms with van der Waals surface area (Å²) in [6, 6.07) is 10.5. The topological polar surface area (TPSA) is 80.5 Å². The van der Waals surface area contributed by atoms with Crippen LogP contribution in [-0.2, 0) is 11.3 Å². The highest BCUT2D eigenvalue weighted by atomic mass is 19.1. The summed E-state index contributed by atoms with van der Waals surface area (Å²) in [5.74, 6) is -0.385. The molecule has 0 radical (unpaired) electrons. The molecule has 3 N–H and O–H groups in total. The number of aromatic amines is 1. The maximum atomic E-state index is 13.9. The second-order valence-electron chi connectivity index (χ2n) is 9.98. The number of carbonyl (C=O) groups excluding carboxylic acids is 2. The van der Waals surface area contributed by atoms with E-state index in [0.717, 1.165) is 50.5 Å². The van der Waals surface area contributed by atoms with Crippen LogP contribution < -0.4 is 10.6 Å². The van der Waals surface area contributed by atoms with Gasteiger partial charge in [-0.3, -0.25) is 19.4 Å². The van der Waals surface area contributed by atoms with Crippen LogP contribution in [0.1, 0.15) is 39.3 Å². The Balaban J connectivity index is 1.16. The second kappa shape index (κ2) is 10.9. The van der Waals surface area contributed by atoms with Crippen LogP contribution in [-0.4, -0.2) is 72.0 Å². The third-order valence-corrected chi connectivity index (χ3v) is 7.39. The maximum Gasteiger partial charge on any atom is 0.256 e. The van der Waals surface area contributed by atoms with Crippen LogP contribution in [0.5, 0.6) is 0 Å². The molecule has 5 rings (SSSR count). The number of rotatable bonds is 7.